The summed E-state index contributed by atoms with van der Waals surface area (Å²) in [4.78, 5) is 17.9. The van der Waals surface area contributed by atoms with Gasteiger partial charge in [0.15, 0.2) is 5.13 Å². The summed E-state index contributed by atoms with van der Waals surface area (Å²) in [5.74, 6) is -0.397. The number of aryl methyl sites for hydroxylation is 1. The van der Waals surface area contributed by atoms with E-state index in [1.54, 1.807) is 26.0 Å². The first-order valence-corrected chi connectivity index (χ1v) is 11.8. The van der Waals surface area contributed by atoms with E-state index in [4.69, 9.17) is 0 Å². The fourth-order valence-electron chi connectivity index (χ4n) is 2.85. The Hall–Kier alpha value is -2.89. The smallest absolute Gasteiger partial charge is 0.387 e. The highest BCUT2D eigenvalue weighted by atomic mass is 32.2. The Morgan fingerprint density at radius 2 is 1.69 bits per heavy atom. The summed E-state index contributed by atoms with van der Waals surface area (Å²) in [6, 6.07) is 11.4. The zero-order valence-electron chi connectivity index (χ0n) is 17.4. The summed E-state index contributed by atoms with van der Waals surface area (Å²) in [5.41, 5.74) is 1.57. The second kappa shape index (κ2) is 9.72. The van der Waals surface area contributed by atoms with Gasteiger partial charge in [0.2, 0.25) is 10.0 Å². The molecule has 170 valence electrons. The van der Waals surface area contributed by atoms with E-state index in [1.807, 2.05) is 6.92 Å². The number of amides is 1. The number of nitrogens with zero attached hydrogens (tertiary/aromatic N) is 1. The molecule has 0 saturated carbocycles. The monoisotopic (exact) mass is 481 g/mol. The highest BCUT2D eigenvalue weighted by Crippen LogP contribution is 2.31. The molecule has 1 heterocycles. The van der Waals surface area contributed by atoms with E-state index in [-0.39, 0.29) is 22.3 Å². The van der Waals surface area contributed by atoms with E-state index in [0.29, 0.717) is 16.4 Å². The quantitative estimate of drug-likeness (QED) is 0.488. The van der Waals surface area contributed by atoms with Gasteiger partial charge in [0.05, 0.1) is 10.6 Å². The van der Waals surface area contributed by atoms with E-state index in [0.717, 1.165) is 4.88 Å². The van der Waals surface area contributed by atoms with Crippen LogP contribution in [0.3, 0.4) is 0 Å². The summed E-state index contributed by atoms with van der Waals surface area (Å²) < 4.78 is 55.8. The first-order valence-electron chi connectivity index (χ1n) is 9.51. The average Bonchev–Trinajstić information content (AvgIpc) is 3.07. The molecule has 0 atom stereocenters. The molecule has 0 radical (unpaired) electrons. The molecule has 1 amide bonds. The van der Waals surface area contributed by atoms with Crippen molar-refractivity contribution < 1.29 is 26.7 Å². The van der Waals surface area contributed by atoms with Crippen LogP contribution < -0.4 is 14.8 Å². The molecule has 0 bridgehead atoms. The van der Waals surface area contributed by atoms with Crippen molar-refractivity contribution in [1.82, 2.24) is 9.71 Å². The third kappa shape index (κ3) is 5.87. The summed E-state index contributed by atoms with van der Waals surface area (Å²) in [7, 11) is -3.65. The second-order valence-corrected chi connectivity index (χ2v) is 10.00. The number of thiazole rings is 1. The number of halogens is 2. The van der Waals surface area contributed by atoms with Gasteiger partial charge in [0.25, 0.3) is 5.91 Å². The van der Waals surface area contributed by atoms with E-state index in [1.165, 1.54) is 47.7 Å². The van der Waals surface area contributed by atoms with Crippen molar-refractivity contribution in [3.8, 4) is 17.0 Å². The third-order valence-corrected chi connectivity index (χ3v) is 6.75. The molecule has 0 spiro atoms. The lowest BCUT2D eigenvalue weighted by atomic mass is 10.1. The molecule has 0 fully saturated rings. The number of ether oxygens (including phenoxy) is 1. The fourth-order valence-corrected chi connectivity index (χ4v) is 4.93. The van der Waals surface area contributed by atoms with Crippen LogP contribution in [0.2, 0.25) is 0 Å². The Morgan fingerprint density at radius 1 is 1.06 bits per heavy atom. The molecule has 0 aliphatic rings. The molecule has 7 nitrogen and oxygen atoms in total. The standard InChI is InChI=1S/C21H21F2N3O4S2/c1-12(2)26-32(28,29)17-10-6-15(7-11-17)19(27)25-21-24-18(13(3)31-21)14-4-8-16(9-5-14)30-20(22)23/h4-12,20,26H,1-3H3,(H,24,25,27). The van der Waals surface area contributed by atoms with E-state index >= 15 is 0 Å². The van der Waals surface area contributed by atoms with Crippen LogP contribution in [0, 0.1) is 6.92 Å². The SMILES string of the molecule is Cc1sc(NC(=O)c2ccc(S(=O)(=O)NC(C)C)cc2)nc1-c1ccc(OC(F)F)cc1. The van der Waals surface area contributed by atoms with E-state index < -0.39 is 22.5 Å². The Balaban J connectivity index is 1.72. The van der Waals surface area contributed by atoms with Crippen LogP contribution in [0.15, 0.2) is 53.4 Å². The number of anilines is 1. The lowest BCUT2D eigenvalue weighted by molar-refractivity contribution is -0.0498. The number of rotatable bonds is 8. The summed E-state index contributed by atoms with van der Waals surface area (Å²) in [6.07, 6.45) is 0. The first-order chi connectivity index (χ1) is 15.0. The maximum absolute atomic E-state index is 12.6. The zero-order valence-corrected chi connectivity index (χ0v) is 19.1. The summed E-state index contributed by atoms with van der Waals surface area (Å²) in [5, 5.41) is 3.05. The molecular formula is C21H21F2N3O4S2. The number of alkyl halides is 2. The van der Waals surface area contributed by atoms with Gasteiger partial charge in [0.1, 0.15) is 5.75 Å². The zero-order chi connectivity index (χ0) is 23.5. The largest absolute Gasteiger partial charge is 0.435 e. The van der Waals surface area contributed by atoms with Gasteiger partial charge in [0, 0.05) is 22.0 Å². The minimum absolute atomic E-state index is 0.0409. The van der Waals surface area contributed by atoms with Gasteiger partial charge < -0.3 is 4.74 Å². The normalized spacial score (nSPS) is 11.7. The molecule has 0 aliphatic carbocycles. The van der Waals surface area contributed by atoms with Crippen molar-refractivity contribution in [3.63, 3.8) is 0 Å². The van der Waals surface area contributed by atoms with Crippen molar-refractivity contribution in [2.24, 2.45) is 0 Å². The topological polar surface area (TPSA) is 97.4 Å². The van der Waals surface area contributed by atoms with Gasteiger partial charge in [-0.2, -0.15) is 8.78 Å². The van der Waals surface area contributed by atoms with Crippen LogP contribution >= 0.6 is 11.3 Å². The van der Waals surface area contributed by atoms with Gasteiger partial charge in [-0.15, -0.1) is 11.3 Å². The summed E-state index contributed by atoms with van der Waals surface area (Å²) in [6.45, 7) is 2.36. The predicted octanol–water partition coefficient (Wildman–Crippen LogP) is 4.66. The average molecular weight is 482 g/mol. The molecule has 2 aromatic carbocycles. The Bertz CT molecular complexity index is 1190. The van der Waals surface area contributed by atoms with Crippen molar-refractivity contribution in [3.05, 3.63) is 59.0 Å². The van der Waals surface area contributed by atoms with Crippen molar-refractivity contribution in [1.29, 1.82) is 0 Å². The molecule has 0 aliphatic heterocycles. The van der Waals surface area contributed by atoms with Crippen LogP contribution in [-0.4, -0.2) is 32.0 Å². The van der Waals surface area contributed by atoms with Crippen LogP contribution in [0.25, 0.3) is 11.3 Å². The van der Waals surface area contributed by atoms with Gasteiger partial charge in [-0.1, -0.05) is 0 Å². The second-order valence-electron chi connectivity index (χ2n) is 7.08. The summed E-state index contributed by atoms with van der Waals surface area (Å²) >= 11 is 1.26. The first kappa shape index (κ1) is 23.8. The minimum Gasteiger partial charge on any atom is -0.435 e. The molecule has 11 heteroatoms. The van der Waals surface area contributed by atoms with Crippen molar-refractivity contribution in [2.75, 3.05) is 5.32 Å². The molecule has 3 aromatic rings. The fraction of sp³-hybridized carbons (Fsp3) is 0.238. The highest BCUT2D eigenvalue weighted by Gasteiger charge is 2.17. The highest BCUT2D eigenvalue weighted by molar-refractivity contribution is 7.89. The predicted molar refractivity (Wildman–Crippen MR) is 119 cm³/mol. The molecule has 0 unspecified atom stereocenters. The maximum atomic E-state index is 12.6. The Morgan fingerprint density at radius 3 is 2.25 bits per heavy atom. The number of hydrogen-bond acceptors (Lipinski definition) is 6. The lowest BCUT2D eigenvalue weighted by Crippen LogP contribution is -2.30. The number of benzene rings is 2. The molecule has 0 saturated heterocycles. The number of sulfonamides is 1. The lowest BCUT2D eigenvalue weighted by Gasteiger charge is -2.10. The van der Waals surface area contributed by atoms with Crippen molar-refractivity contribution in [2.45, 2.75) is 38.3 Å². The number of hydrogen-bond donors (Lipinski definition) is 2. The number of nitrogens with one attached hydrogen (secondary N) is 2. The number of carbonyl (C=O) groups excluding carboxylic acids is 1. The van der Waals surface area contributed by atoms with Crippen LogP contribution in [0.5, 0.6) is 5.75 Å². The number of aromatic nitrogens is 1. The number of carbonyl (C=O) groups is 1. The van der Waals surface area contributed by atoms with Gasteiger partial charge in [-0.25, -0.2) is 18.1 Å². The van der Waals surface area contributed by atoms with E-state index in [9.17, 15) is 22.0 Å². The van der Waals surface area contributed by atoms with Gasteiger partial charge >= 0.3 is 6.61 Å². The van der Waals surface area contributed by atoms with E-state index in [2.05, 4.69) is 19.8 Å². The third-order valence-electron chi connectivity index (χ3n) is 4.19. The molecule has 32 heavy (non-hydrogen) atoms. The minimum atomic E-state index is -3.65. The van der Waals surface area contributed by atoms with Gasteiger partial charge in [-0.05, 0) is 69.3 Å². The molecule has 1 aromatic heterocycles. The Kier molecular flexibility index (Phi) is 7.22. The molecule has 2 N–H and O–H groups in total. The Labute approximate surface area is 188 Å². The molecular weight excluding hydrogens is 460 g/mol. The van der Waals surface area contributed by atoms with Crippen molar-refractivity contribution >= 4 is 32.4 Å². The van der Waals surface area contributed by atoms with Crippen LogP contribution in [0.4, 0.5) is 13.9 Å². The maximum Gasteiger partial charge on any atom is 0.387 e. The molecule has 3 rings (SSSR count). The van der Waals surface area contributed by atoms with Gasteiger partial charge in [-0.3, -0.25) is 10.1 Å². The van der Waals surface area contributed by atoms with Crippen LogP contribution in [0.1, 0.15) is 29.1 Å². The van der Waals surface area contributed by atoms with Crippen LogP contribution in [-0.2, 0) is 10.0 Å².